The van der Waals surface area contributed by atoms with Gasteiger partial charge in [-0.15, -0.1) is 0 Å². The van der Waals surface area contributed by atoms with E-state index in [-0.39, 0.29) is 11.1 Å². The summed E-state index contributed by atoms with van der Waals surface area (Å²) in [5.41, 5.74) is 1.59. The Labute approximate surface area is 143 Å². The number of nitrogens with zero attached hydrogens (tertiary/aromatic N) is 2. The molecule has 24 heavy (non-hydrogen) atoms. The number of carbonyl (C=O) groups excluding carboxylic acids is 2. The lowest BCUT2D eigenvalue weighted by Crippen LogP contribution is -2.29. The minimum atomic E-state index is -0.415. The molecule has 2 aromatic carbocycles. The fraction of sp³-hybridized carbons (Fsp3) is 0.118. The minimum absolute atomic E-state index is 0.277. The fourth-order valence-electron chi connectivity index (χ4n) is 2.53. The van der Waals surface area contributed by atoms with Crippen molar-refractivity contribution in [3.8, 4) is 11.5 Å². The maximum absolute atomic E-state index is 12.6. The van der Waals surface area contributed by atoms with Crippen molar-refractivity contribution in [2.75, 3.05) is 19.1 Å². The number of benzene rings is 2. The average molecular weight is 340 g/mol. The zero-order valence-corrected chi connectivity index (χ0v) is 13.7. The maximum atomic E-state index is 12.6. The number of isothiocyanates is 1. The lowest BCUT2D eigenvalue weighted by atomic mass is 10.1. The van der Waals surface area contributed by atoms with Gasteiger partial charge in [0.15, 0.2) is 11.5 Å². The molecule has 7 heteroatoms. The molecule has 1 aliphatic heterocycles. The zero-order chi connectivity index (χ0) is 17.3. The predicted molar refractivity (Wildman–Crippen MR) is 91.8 cm³/mol. The number of hydrogen-bond donors (Lipinski definition) is 0. The van der Waals surface area contributed by atoms with Crippen LogP contribution in [0.1, 0.15) is 20.7 Å². The van der Waals surface area contributed by atoms with Gasteiger partial charge in [0.1, 0.15) is 0 Å². The van der Waals surface area contributed by atoms with Gasteiger partial charge in [0.05, 0.1) is 41.9 Å². The van der Waals surface area contributed by atoms with Crippen LogP contribution in [0.25, 0.3) is 0 Å². The minimum Gasteiger partial charge on any atom is -0.493 e. The molecule has 120 valence electrons. The van der Waals surface area contributed by atoms with Crippen LogP contribution in [0.2, 0.25) is 0 Å². The van der Waals surface area contributed by atoms with Crippen molar-refractivity contribution in [1.82, 2.24) is 0 Å². The normalized spacial score (nSPS) is 12.7. The van der Waals surface area contributed by atoms with Gasteiger partial charge < -0.3 is 9.47 Å². The number of hydrogen-bond acceptors (Lipinski definition) is 6. The molecule has 1 heterocycles. The maximum Gasteiger partial charge on any atom is 0.266 e. The summed E-state index contributed by atoms with van der Waals surface area (Å²) in [4.78, 5) is 30.2. The lowest BCUT2D eigenvalue weighted by Gasteiger charge is -2.13. The summed E-state index contributed by atoms with van der Waals surface area (Å²) in [5.74, 6) is -0.0427. The molecule has 0 fully saturated rings. The molecular weight excluding hydrogens is 328 g/mol. The highest BCUT2D eigenvalue weighted by Crippen LogP contribution is 2.36. The van der Waals surface area contributed by atoms with Crippen LogP contribution in [0.4, 0.5) is 11.4 Å². The van der Waals surface area contributed by atoms with Crippen molar-refractivity contribution >= 4 is 40.6 Å². The van der Waals surface area contributed by atoms with E-state index in [9.17, 15) is 9.59 Å². The lowest BCUT2D eigenvalue weighted by molar-refractivity contribution is 0.0926. The van der Waals surface area contributed by atoms with Gasteiger partial charge in [-0.05, 0) is 48.6 Å². The van der Waals surface area contributed by atoms with Gasteiger partial charge in [-0.1, -0.05) is 0 Å². The van der Waals surface area contributed by atoms with Crippen LogP contribution in [-0.4, -0.2) is 31.2 Å². The molecule has 0 aromatic heterocycles. The van der Waals surface area contributed by atoms with Gasteiger partial charge in [0.2, 0.25) is 0 Å². The molecule has 0 spiro atoms. The molecule has 3 rings (SSSR count). The summed E-state index contributed by atoms with van der Waals surface area (Å²) in [7, 11) is 2.94. The molecule has 0 saturated heterocycles. The summed E-state index contributed by atoms with van der Waals surface area (Å²) in [6.45, 7) is 0. The van der Waals surface area contributed by atoms with Crippen molar-refractivity contribution in [2.24, 2.45) is 4.99 Å². The highest BCUT2D eigenvalue weighted by atomic mass is 32.1. The average Bonchev–Trinajstić information content (AvgIpc) is 2.85. The Balaban J connectivity index is 2.04. The molecule has 0 N–H and O–H groups in total. The van der Waals surface area contributed by atoms with E-state index in [1.165, 1.54) is 26.4 Å². The smallest absolute Gasteiger partial charge is 0.266 e. The van der Waals surface area contributed by atoms with Crippen LogP contribution in [0.5, 0.6) is 11.5 Å². The van der Waals surface area contributed by atoms with E-state index >= 15 is 0 Å². The van der Waals surface area contributed by atoms with E-state index < -0.39 is 11.8 Å². The van der Waals surface area contributed by atoms with Crippen LogP contribution < -0.4 is 14.4 Å². The van der Waals surface area contributed by atoms with E-state index in [1.54, 1.807) is 24.3 Å². The zero-order valence-electron chi connectivity index (χ0n) is 12.9. The van der Waals surface area contributed by atoms with Crippen LogP contribution in [0.3, 0.4) is 0 Å². The topological polar surface area (TPSA) is 68.2 Å². The number of ether oxygens (including phenoxy) is 2. The molecule has 0 saturated carbocycles. The van der Waals surface area contributed by atoms with Crippen molar-refractivity contribution in [3.05, 3.63) is 47.5 Å². The second kappa shape index (κ2) is 6.23. The van der Waals surface area contributed by atoms with E-state index in [0.29, 0.717) is 22.9 Å². The highest BCUT2D eigenvalue weighted by Gasteiger charge is 2.38. The second-order valence-corrected chi connectivity index (χ2v) is 5.10. The van der Waals surface area contributed by atoms with E-state index in [0.717, 1.165) is 4.90 Å². The third-order valence-corrected chi connectivity index (χ3v) is 3.76. The van der Waals surface area contributed by atoms with Gasteiger partial charge >= 0.3 is 0 Å². The first-order chi connectivity index (χ1) is 11.6. The Hall–Kier alpha value is -3.02. The quantitative estimate of drug-likeness (QED) is 0.485. The number of imide groups is 1. The predicted octanol–water partition coefficient (Wildman–Crippen LogP) is 3.24. The number of carbonyl (C=O) groups is 2. The molecular formula is C17H12N2O4S. The third kappa shape index (κ3) is 2.46. The van der Waals surface area contributed by atoms with Crippen molar-refractivity contribution in [3.63, 3.8) is 0 Å². The van der Waals surface area contributed by atoms with Crippen molar-refractivity contribution in [2.45, 2.75) is 0 Å². The third-order valence-electron chi connectivity index (χ3n) is 3.67. The summed E-state index contributed by atoms with van der Waals surface area (Å²) in [6.07, 6.45) is 0. The first-order valence-electron chi connectivity index (χ1n) is 6.93. The molecule has 2 amide bonds. The molecule has 0 unspecified atom stereocenters. The summed E-state index contributed by atoms with van der Waals surface area (Å²) >= 11 is 4.55. The summed E-state index contributed by atoms with van der Waals surface area (Å²) in [6, 6.07) is 9.58. The molecule has 0 atom stereocenters. The first kappa shape index (κ1) is 15.9. The largest absolute Gasteiger partial charge is 0.493 e. The SMILES string of the molecule is COc1cc2c(cc1OC)C(=O)N(c1ccc(N=C=S)cc1)C2=O. The standard InChI is InChI=1S/C17H12N2O4S/c1-22-14-7-12-13(8-15(14)23-2)17(21)19(16(12)20)11-5-3-10(4-6-11)18-9-24/h3-8H,1-2H3. The monoisotopic (exact) mass is 340 g/mol. The molecule has 2 aromatic rings. The molecule has 0 bridgehead atoms. The molecule has 6 nitrogen and oxygen atoms in total. The molecule has 0 radical (unpaired) electrons. The number of aliphatic imine (C=N–C) groups is 1. The van der Waals surface area contributed by atoms with E-state index in [2.05, 4.69) is 22.4 Å². The van der Waals surface area contributed by atoms with Gasteiger partial charge in [-0.2, -0.15) is 4.99 Å². The Kier molecular flexibility index (Phi) is 4.12. The van der Waals surface area contributed by atoms with Crippen LogP contribution in [-0.2, 0) is 0 Å². The first-order valence-corrected chi connectivity index (χ1v) is 7.34. The Morgan fingerprint density at radius 3 is 1.88 bits per heavy atom. The van der Waals surface area contributed by atoms with Crippen LogP contribution in [0.15, 0.2) is 41.4 Å². The number of methoxy groups -OCH3 is 2. The summed E-state index contributed by atoms with van der Waals surface area (Å²) in [5, 5.41) is 2.26. The fourth-order valence-corrected chi connectivity index (χ4v) is 2.63. The second-order valence-electron chi connectivity index (χ2n) is 4.92. The Morgan fingerprint density at radius 1 is 0.958 bits per heavy atom. The highest BCUT2D eigenvalue weighted by molar-refractivity contribution is 7.78. The van der Waals surface area contributed by atoms with Gasteiger partial charge in [-0.3, -0.25) is 9.59 Å². The molecule has 1 aliphatic rings. The molecule has 0 aliphatic carbocycles. The van der Waals surface area contributed by atoms with Gasteiger partial charge in [0, 0.05) is 0 Å². The van der Waals surface area contributed by atoms with Crippen molar-refractivity contribution < 1.29 is 19.1 Å². The number of rotatable bonds is 4. The van der Waals surface area contributed by atoms with Crippen molar-refractivity contribution in [1.29, 1.82) is 0 Å². The van der Waals surface area contributed by atoms with Crippen LogP contribution in [0, 0.1) is 0 Å². The van der Waals surface area contributed by atoms with E-state index in [1.807, 2.05) is 0 Å². The number of fused-ring (bicyclic) bond motifs is 1. The Morgan fingerprint density at radius 2 is 1.46 bits per heavy atom. The Bertz CT molecular complexity index is 843. The van der Waals surface area contributed by atoms with Crippen LogP contribution >= 0.6 is 12.2 Å². The van der Waals surface area contributed by atoms with Gasteiger partial charge in [0.25, 0.3) is 11.8 Å². The van der Waals surface area contributed by atoms with Gasteiger partial charge in [-0.25, -0.2) is 4.90 Å². The summed E-state index contributed by atoms with van der Waals surface area (Å²) < 4.78 is 10.4. The number of anilines is 1. The number of thiocarbonyl (C=S) groups is 1. The number of amides is 2. The van der Waals surface area contributed by atoms with E-state index in [4.69, 9.17) is 9.47 Å².